The molecule has 0 saturated carbocycles. The molecule has 0 aliphatic carbocycles. The molecule has 18 heavy (non-hydrogen) atoms. The zero-order valence-electron chi connectivity index (χ0n) is 12.0. The van der Waals surface area contributed by atoms with Crippen LogP contribution in [0.3, 0.4) is 0 Å². The van der Waals surface area contributed by atoms with Crippen molar-refractivity contribution in [3.05, 3.63) is 29.1 Å². The molecule has 3 heteroatoms. The lowest BCUT2D eigenvalue weighted by molar-refractivity contribution is 0.199. The van der Waals surface area contributed by atoms with Crippen LogP contribution in [0.15, 0.2) is 12.1 Å². The number of aryl methyl sites for hydroxylation is 1. The minimum Gasteiger partial charge on any atom is -0.389 e. The second-order valence-electron chi connectivity index (χ2n) is 5.44. The van der Waals surface area contributed by atoms with Crippen LogP contribution in [0, 0.1) is 18.7 Å². The van der Waals surface area contributed by atoms with Gasteiger partial charge >= 0.3 is 0 Å². The van der Waals surface area contributed by atoms with Gasteiger partial charge in [0, 0.05) is 24.8 Å². The molecule has 1 aromatic rings. The summed E-state index contributed by atoms with van der Waals surface area (Å²) in [6.45, 7) is 8.69. The van der Waals surface area contributed by atoms with Gasteiger partial charge in [-0.1, -0.05) is 13.8 Å². The second kappa shape index (κ2) is 6.19. The summed E-state index contributed by atoms with van der Waals surface area (Å²) in [7, 11) is 1.99. The average Bonchev–Trinajstić information content (AvgIpc) is 2.28. The normalized spacial score (nSPS) is 12.9. The van der Waals surface area contributed by atoms with Gasteiger partial charge in [0.1, 0.15) is 5.82 Å². The molecule has 0 spiro atoms. The summed E-state index contributed by atoms with van der Waals surface area (Å²) in [5, 5.41) is 9.75. The van der Waals surface area contributed by atoms with Gasteiger partial charge < -0.3 is 10.0 Å². The number of aliphatic hydroxyl groups is 1. The number of nitrogens with zero attached hydrogens (tertiary/aromatic N) is 1. The van der Waals surface area contributed by atoms with Crippen molar-refractivity contribution < 1.29 is 9.50 Å². The fraction of sp³-hybridized carbons (Fsp3) is 0.600. The lowest BCUT2D eigenvalue weighted by Gasteiger charge is -2.25. The predicted molar refractivity (Wildman–Crippen MR) is 74.5 cm³/mol. The van der Waals surface area contributed by atoms with Crippen LogP contribution in [-0.2, 0) is 0 Å². The Balaban J connectivity index is 3.02. The maximum absolute atomic E-state index is 13.6. The first-order valence-electron chi connectivity index (χ1n) is 6.52. The van der Waals surface area contributed by atoms with Gasteiger partial charge in [-0.2, -0.15) is 0 Å². The van der Waals surface area contributed by atoms with Gasteiger partial charge in [0.05, 0.1) is 6.10 Å². The minimum atomic E-state index is -0.656. The molecule has 0 aliphatic rings. The van der Waals surface area contributed by atoms with Crippen molar-refractivity contribution in [2.45, 2.75) is 40.2 Å². The van der Waals surface area contributed by atoms with Crippen LogP contribution in [0.5, 0.6) is 0 Å². The van der Waals surface area contributed by atoms with Crippen LogP contribution in [0.25, 0.3) is 0 Å². The monoisotopic (exact) mass is 253 g/mol. The molecule has 0 heterocycles. The van der Waals surface area contributed by atoms with Crippen LogP contribution in [0.4, 0.5) is 10.1 Å². The lowest BCUT2D eigenvalue weighted by Crippen LogP contribution is -2.22. The van der Waals surface area contributed by atoms with Crippen molar-refractivity contribution in [3.8, 4) is 0 Å². The molecule has 0 aromatic heterocycles. The topological polar surface area (TPSA) is 23.5 Å². The van der Waals surface area contributed by atoms with Crippen molar-refractivity contribution in [2.24, 2.45) is 5.92 Å². The third-order valence-corrected chi connectivity index (χ3v) is 3.21. The zero-order chi connectivity index (χ0) is 13.9. The molecule has 0 saturated heterocycles. The van der Waals surface area contributed by atoms with Crippen molar-refractivity contribution in [3.63, 3.8) is 0 Å². The van der Waals surface area contributed by atoms with Gasteiger partial charge in [-0.05, 0) is 43.9 Å². The number of benzene rings is 1. The van der Waals surface area contributed by atoms with Crippen LogP contribution < -0.4 is 4.90 Å². The molecule has 0 fully saturated rings. The Labute approximate surface area is 109 Å². The first-order chi connectivity index (χ1) is 8.32. The van der Waals surface area contributed by atoms with Crippen molar-refractivity contribution in [1.82, 2.24) is 0 Å². The Kier molecular flexibility index (Phi) is 5.15. The molecule has 2 nitrogen and oxygen atoms in total. The molecular weight excluding hydrogens is 229 g/mol. The van der Waals surface area contributed by atoms with Gasteiger partial charge in [0.25, 0.3) is 0 Å². The van der Waals surface area contributed by atoms with Gasteiger partial charge in [0.15, 0.2) is 0 Å². The SMILES string of the molecule is Cc1cc(N(C)CCC(C)C)c([C@H](C)O)cc1F. The Hall–Kier alpha value is -1.09. The van der Waals surface area contributed by atoms with E-state index in [1.807, 2.05) is 13.1 Å². The van der Waals surface area contributed by atoms with Crippen molar-refractivity contribution >= 4 is 5.69 Å². The minimum absolute atomic E-state index is 0.257. The largest absolute Gasteiger partial charge is 0.389 e. The summed E-state index contributed by atoms with van der Waals surface area (Å²) in [6.07, 6.45) is 0.420. The van der Waals surface area contributed by atoms with E-state index >= 15 is 0 Å². The van der Waals surface area contributed by atoms with E-state index in [-0.39, 0.29) is 5.82 Å². The first kappa shape index (κ1) is 15.0. The van der Waals surface area contributed by atoms with Crippen LogP contribution in [-0.4, -0.2) is 18.7 Å². The van der Waals surface area contributed by atoms with E-state index in [0.717, 1.165) is 18.7 Å². The highest BCUT2D eigenvalue weighted by molar-refractivity contribution is 5.56. The maximum atomic E-state index is 13.6. The highest BCUT2D eigenvalue weighted by Gasteiger charge is 2.15. The molecule has 0 radical (unpaired) electrons. The fourth-order valence-electron chi connectivity index (χ4n) is 1.92. The zero-order valence-corrected chi connectivity index (χ0v) is 12.0. The van der Waals surface area contributed by atoms with Crippen molar-refractivity contribution in [1.29, 1.82) is 0 Å². The average molecular weight is 253 g/mol. The Morgan fingerprint density at radius 1 is 1.28 bits per heavy atom. The van der Waals surface area contributed by atoms with Crippen molar-refractivity contribution in [2.75, 3.05) is 18.5 Å². The van der Waals surface area contributed by atoms with E-state index in [1.165, 1.54) is 6.07 Å². The lowest BCUT2D eigenvalue weighted by atomic mass is 10.0. The quantitative estimate of drug-likeness (QED) is 0.865. The summed E-state index contributed by atoms with van der Waals surface area (Å²) >= 11 is 0. The van der Waals surface area contributed by atoms with Gasteiger partial charge in [-0.25, -0.2) is 4.39 Å². The van der Waals surface area contributed by atoms with Gasteiger partial charge in [-0.3, -0.25) is 0 Å². The number of halogens is 1. The number of hydrogen-bond donors (Lipinski definition) is 1. The molecule has 102 valence electrons. The number of hydrogen-bond acceptors (Lipinski definition) is 2. The van der Waals surface area contributed by atoms with E-state index in [9.17, 15) is 9.50 Å². The molecule has 1 aromatic carbocycles. The number of aliphatic hydroxyl groups excluding tert-OH is 1. The molecule has 1 rings (SSSR count). The van der Waals surface area contributed by atoms with Gasteiger partial charge in [0.2, 0.25) is 0 Å². The third-order valence-electron chi connectivity index (χ3n) is 3.21. The number of anilines is 1. The summed E-state index contributed by atoms with van der Waals surface area (Å²) in [6, 6.07) is 3.26. The summed E-state index contributed by atoms with van der Waals surface area (Å²) < 4.78 is 13.6. The molecule has 0 unspecified atom stereocenters. The van der Waals surface area contributed by atoms with E-state index in [0.29, 0.717) is 17.0 Å². The molecule has 0 bridgehead atoms. The van der Waals surface area contributed by atoms with E-state index in [1.54, 1.807) is 13.8 Å². The maximum Gasteiger partial charge on any atom is 0.126 e. The summed E-state index contributed by atoms with van der Waals surface area (Å²) in [5.74, 6) is 0.371. The number of rotatable bonds is 5. The van der Waals surface area contributed by atoms with E-state index in [4.69, 9.17) is 0 Å². The van der Waals surface area contributed by atoms with Crippen LogP contribution in [0.1, 0.15) is 44.4 Å². The molecule has 1 atom stereocenters. The molecule has 1 N–H and O–H groups in total. The molecule has 0 amide bonds. The highest BCUT2D eigenvalue weighted by Crippen LogP contribution is 2.29. The predicted octanol–water partition coefficient (Wildman–Crippen LogP) is 3.67. The Morgan fingerprint density at radius 3 is 2.39 bits per heavy atom. The fourth-order valence-corrected chi connectivity index (χ4v) is 1.92. The highest BCUT2D eigenvalue weighted by atomic mass is 19.1. The smallest absolute Gasteiger partial charge is 0.126 e. The van der Waals surface area contributed by atoms with Crippen LogP contribution >= 0.6 is 0 Å². The Bertz CT molecular complexity index is 402. The third kappa shape index (κ3) is 3.70. The van der Waals surface area contributed by atoms with Gasteiger partial charge in [-0.15, -0.1) is 0 Å². The van der Waals surface area contributed by atoms with E-state index in [2.05, 4.69) is 18.7 Å². The molecular formula is C15H24FNO. The standard InChI is InChI=1S/C15H24FNO/c1-10(2)6-7-17(5)15-8-11(3)14(16)9-13(15)12(4)18/h8-10,12,18H,6-7H2,1-5H3/t12-/m0/s1. The summed E-state index contributed by atoms with van der Waals surface area (Å²) in [5.41, 5.74) is 2.19. The Morgan fingerprint density at radius 2 is 1.89 bits per heavy atom. The van der Waals surface area contributed by atoms with E-state index < -0.39 is 6.10 Å². The van der Waals surface area contributed by atoms with Crippen LogP contribution in [0.2, 0.25) is 0 Å². The first-order valence-corrected chi connectivity index (χ1v) is 6.52. The second-order valence-corrected chi connectivity index (χ2v) is 5.44. The molecule has 0 aliphatic heterocycles. The summed E-state index contributed by atoms with van der Waals surface area (Å²) in [4.78, 5) is 2.09.